The number of benzene rings is 1. The van der Waals surface area contributed by atoms with Crippen molar-refractivity contribution in [1.82, 2.24) is 0 Å². The van der Waals surface area contributed by atoms with Gasteiger partial charge in [0.1, 0.15) is 0 Å². The van der Waals surface area contributed by atoms with E-state index < -0.39 is 0 Å². The fourth-order valence-corrected chi connectivity index (χ4v) is 1.35. The van der Waals surface area contributed by atoms with E-state index in [-0.39, 0.29) is 5.97 Å². The summed E-state index contributed by atoms with van der Waals surface area (Å²) < 4.78 is 9.59. The molecule has 0 fully saturated rings. The van der Waals surface area contributed by atoms with E-state index >= 15 is 0 Å². The zero-order valence-corrected chi connectivity index (χ0v) is 8.27. The van der Waals surface area contributed by atoms with Gasteiger partial charge in [-0.25, -0.2) is 4.79 Å². The first-order chi connectivity index (χ1) is 7.31. The molecule has 0 bridgehead atoms. The molecule has 1 aromatic carbocycles. The highest BCUT2D eigenvalue weighted by molar-refractivity contribution is 5.89. The van der Waals surface area contributed by atoms with Crippen LogP contribution in [0.15, 0.2) is 47.3 Å². The molecule has 0 saturated carbocycles. The van der Waals surface area contributed by atoms with E-state index in [1.807, 2.05) is 18.2 Å². The Balaban J connectivity index is 2.29. The molecule has 0 saturated heterocycles. The van der Waals surface area contributed by atoms with Crippen LogP contribution in [0.4, 0.5) is 0 Å². The second kappa shape index (κ2) is 4.00. The van der Waals surface area contributed by atoms with Crippen LogP contribution in [0.3, 0.4) is 0 Å². The van der Waals surface area contributed by atoms with Gasteiger partial charge in [-0.3, -0.25) is 0 Å². The Morgan fingerprint density at radius 2 is 1.87 bits per heavy atom. The summed E-state index contributed by atoms with van der Waals surface area (Å²) in [4.78, 5) is 11.2. The largest absolute Gasteiger partial charge is 0.472 e. The first kappa shape index (κ1) is 9.52. The summed E-state index contributed by atoms with van der Waals surface area (Å²) in [5.74, 6) is -0.325. The molecule has 0 N–H and O–H groups in total. The van der Waals surface area contributed by atoms with Crippen molar-refractivity contribution in [3.63, 3.8) is 0 Å². The first-order valence-corrected chi connectivity index (χ1v) is 4.52. The van der Waals surface area contributed by atoms with Crippen LogP contribution in [0.1, 0.15) is 10.4 Å². The molecule has 0 radical (unpaired) electrons. The quantitative estimate of drug-likeness (QED) is 0.703. The van der Waals surface area contributed by atoms with Crippen LogP contribution >= 0.6 is 0 Å². The first-order valence-electron chi connectivity index (χ1n) is 4.52. The molecule has 2 aromatic rings. The maximum atomic E-state index is 11.2. The number of hydrogen-bond acceptors (Lipinski definition) is 3. The molecule has 0 aliphatic rings. The Morgan fingerprint density at radius 1 is 1.13 bits per heavy atom. The lowest BCUT2D eigenvalue weighted by atomic mass is 10.1. The summed E-state index contributed by atoms with van der Waals surface area (Å²) in [7, 11) is 1.37. The van der Waals surface area contributed by atoms with Gasteiger partial charge in [-0.1, -0.05) is 12.1 Å². The number of rotatable bonds is 2. The van der Waals surface area contributed by atoms with Crippen molar-refractivity contribution >= 4 is 5.97 Å². The van der Waals surface area contributed by atoms with Crippen LogP contribution in [-0.4, -0.2) is 13.1 Å². The lowest BCUT2D eigenvalue weighted by Gasteiger charge is -2.00. The Hall–Kier alpha value is -2.03. The average molecular weight is 202 g/mol. The predicted molar refractivity (Wildman–Crippen MR) is 55.5 cm³/mol. The minimum absolute atomic E-state index is 0.325. The van der Waals surface area contributed by atoms with Crippen molar-refractivity contribution in [2.45, 2.75) is 0 Å². The third kappa shape index (κ3) is 1.91. The number of carbonyl (C=O) groups is 1. The summed E-state index contributed by atoms with van der Waals surface area (Å²) in [5, 5.41) is 0. The van der Waals surface area contributed by atoms with Crippen molar-refractivity contribution in [2.24, 2.45) is 0 Å². The molecule has 0 aliphatic heterocycles. The molecule has 0 spiro atoms. The molecule has 0 atom stereocenters. The molecular weight excluding hydrogens is 192 g/mol. The average Bonchev–Trinajstić information content (AvgIpc) is 2.82. The number of carbonyl (C=O) groups excluding carboxylic acids is 1. The Labute approximate surface area is 87.3 Å². The second-order valence-corrected chi connectivity index (χ2v) is 3.08. The number of esters is 1. The van der Waals surface area contributed by atoms with Crippen molar-refractivity contribution in [3.05, 3.63) is 48.4 Å². The number of ether oxygens (including phenoxy) is 1. The monoisotopic (exact) mass is 202 g/mol. The summed E-state index contributed by atoms with van der Waals surface area (Å²) in [5.41, 5.74) is 2.55. The van der Waals surface area contributed by atoms with Gasteiger partial charge in [0, 0.05) is 5.56 Å². The zero-order chi connectivity index (χ0) is 10.7. The van der Waals surface area contributed by atoms with Crippen LogP contribution in [-0.2, 0) is 4.74 Å². The lowest BCUT2D eigenvalue weighted by Crippen LogP contribution is -2.00. The standard InChI is InChI=1S/C12H10O3/c1-14-12(13)10-4-2-9(3-5-10)11-6-7-15-8-11/h2-8H,1H3. The minimum atomic E-state index is -0.325. The van der Waals surface area contributed by atoms with Gasteiger partial charge in [0.2, 0.25) is 0 Å². The smallest absolute Gasteiger partial charge is 0.337 e. The highest BCUT2D eigenvalue weighted by Crippen LogP contribution is 2.20. The molecule has 1 aromatic heterocycles. The van der Waals surface area contributed by atoms with E-state index in [2.05, 4.69) is 4.74 Å². The van der Waals surface area contributed by atoms with Gasteiger partial charge in [0.15, 0.2) is 0 Å². The normalized spacial score (nSPS) is 9.93. The van der Waals surface area contributed by atoms with Crippen molar-refractivity contribution in [2.75, 3.05) is 7.11 Å². The highest BCUT2D eigenvalue weighted by Gasteiger charge is 2.05. The van der Waals surface area contributed by atoms with E-state index in [9.17, 15) is 4.79 Å². The minimum Gasteiger partial charge on any atom is -0.472 e. The molecule has 0 unspecified atom stereocenters. The number of methoxy groups -OCH3 is 1. The zero-order valence-electron chi connectivity index (χ0n) is 8.27. The summed E-state index contributed by atoms with van der Waals surface area (Å²) in [6.45, 7) is 0. The van der Waals surface area contributed by atoms with E-state index in [4.69, 9.17) is 4.42 Å². The van der Waals surface area contributed by atoms with Gasteiger partial charge in [0.25, 0.3) is 0 Å². The molecule has 1 heterocycles. The third-order valence-electron chi connectivity index (χ3n) is 2.16. The SMILES string of the molecule is COC(=O)c1ccc(-c2ccoc2)cc1. The van der Waals surface area contributed by atoms with E-state index in [1.54, 1.807) is 24.7 Å². The maximum Gasteiger partial charge on any atom is 0.337 e. The van der Waals surface area contributed by atoms with Gasteiger partial charge in [-0.05, 0) is 23.8 Å². The van der Waals surface area contributed by atoms with Crippen LogP contribution < -0.4 is 0 Å². The van der Waals surface area contributed by atoms with Gasteiger partial charge >= 0.3 is 5.97 Å². The van der Waals surface area contributed by atoms with Crippen molar-refractivity contribution < 1.29 is 13.9 Å². The molecule has 15 heavy (non-hydrogen) atoms. The molecule has 76 valence electrons. The fraction of sp³-hybridized carbons (Fsp3) is 0.0833. The molecule has 0 amide bonds. The maximum absolute atomic E-state index is 11.2. The Morgan fingerprint density at radius 3 is 2.40 bits per heavy atom. The van der Waals surface area contributed by atoms with E-state index in [1.165, 1.54) is 7.11 Å². The van der Waals surface area contributed by atoms with Crippen LogP contribution in [0.2, 0.25) is 0 Å². The van der Waals surface area contributed by atoms with Gasteiger partial charge < -0.3 is 9.15 Å². The lowest BCUT2D eigenvalue weighted by molar-refractivity contribution is 0.0601. The van der Waals surface area contributed by atoms with E-state index in [0.29, 0.717) is 5.56 Å². The number of hydrogen-bond donors (Lipinski definition) is 0. The van der Waals surface area contributed by atoms with Gasteiger partial charge in [0.05, 0.1) is 25.2 Å². The van der Waals surface area contributed by atoms with E-state index in [0.717, 1.165) is 11.1 Å². The molecule has 3 nitrogen and oxygen atoms in total. The molecule has 3 heteroatoms. The third-order valence-corrected chi connectivity index (χ3v) is 2.16. The van der Waals surface area contributed by atoms with Gasteiger partial charge in [-0.2, -0.15) is 0 Å². The van der Waals surface area contributed by atoms with Crippen molar-refractivity contribution in [1.29, 1.82) is 0 Å². The molecule has 2 rings (SSSR count). The fourth-order valence-electron chi connectivity index (χ4n) is 1.35. The van der Waals surface area contributed by atoms with Gasteiger partial charge in [-0.15, -0.1) is 0 Å². The van der Waals surface area contributed by atoms with Crippen LogP contribution in [0.5, 0.6) is 0 Å². The molecule has 0 aliphatic carbocycles. The second-order valence-electron chi connectivity index (χ2n) is 3.08. The highest BCUT2D eigenvalue weighted by atomic mass is 16.5. The number of furan rings is 1. The summed E-state index contributed by atoms with van der Waals surface area (Å²) in [6, 6.07) is 9.05. The predicted octanol–water partition coefficient (Wildman–Crippen LogP) is 2.73. The van der Waals surface area contributed by atoms with Crippen molar-refractivity contribution in [3.8, 4) is 11.1 Å². The summed E-state index contributed by atoms with van der Waals surface area (Å²) >= 11 is 0. The molecular formula is C12H10O3. The Bertz CT molecular complexity index is 440. The topological polar surface area (TPSA) is 39.4 Å². The Kier molecular flexibility index (Phi) is 2.54. The summed E-state index contributed by atoms with van der Waals surface area (Å²) in [6.07, 6.45) is 3.27. The van der Waals surface area contributed by atoms with Crippen LogP contribution in [0.25, 0.3) is 11.1 Å². The van der Waals surface area contributed by atoms with Crippen LogP contribution in [0, 0.1) is 0 Å².